The Morgan fingerprint density at radius 3 is 2.39 bits per heavy atom. The largest absolute Gasteiger partial charge is 0.449 e. The fraction of sp³-hybridized carbons (Fsp3) is 0.100. The summed E-state index contributed by atoms with van der Waals surface area (Å²) in [6, 6.07) is 14.9. The zero-order chi connectivity index (χ0) is 20.1. The fourth-order valence-electron chi connectivity index (χ4n) is 2.51. The van der Waals surface area contributed by atoms with Crippen molar-refractivity contribution in [3.05, 3.63) is 82.2 Å². The summed E-state index contributed by atoms with van der Waals surface area (Å²) in [7, 11) is 1.34. The molecule has 1 aromatic heterocycles. The Balaban J connectivity index is 1.92. The Labute approximate surface area is 159 Å². The summed E-state index contributed by atoms with van der Waals surface area (Å²) >= 11 is 0. The SMILES string of the molecule is CNC(=O)NC(=O)[C@H](OC(=O)c1cc(=O)c2ccccc2o1)c1ccccc1. The second kappa shape index (κ2) is 8.17. The number of rotatable bonds is 4. The van der Waals surface area contributed by atoms with Crippen LogP contribution < -0.4 is 16.1 Å². The van der Waals surface area contributed by atoms with Crippen LogP contribution in [0.4, 0.5) is 4.79 Å². The molecule has 8 nitrogen and oxygen atoms in total. The number of carbonyl (C=O) groups excluding carboxylic acids is 3. The molecule has 3 amide bonds. The Morgan fingerprint density at radius 2 is 1.68 bits per heavy atom. The summed E-state index contributed by atoms with van der Waals surface area (Å²) < 4.78 is 10.7. The van der Waals surface area contributed by atoms with E-state index in [-0.39, 0.29) is 11.3 Å². The van der Waals surface area contributed by atoms with Gasteiger partial charge >= 0.3 is 12.0 Å². The first-order valence-electron chi connectivity index (χ1n) is 8.31. The summed E-state index contributed by atoms with van der Waals surface area (Å²) in [6.45, 7) is 0. The average molecular weight is 380 g/mol. The minimum absolute atomic E-state index is 0.216. The summed E-state index contributed by atoms with van der Waals surface area (Å²) in [5, 5.41) is 4.63. The third kappa shape index (κ3) is 4.07. The van der Waals surface area contributed by atoms with E-state index < -0.39 is 29.4 Å². The van der Waals surface area contributed by atoms with Crippen molar-refractivity contribution < 1.29 is 23.5 Å². The lowest BCUT2D eigenvalue weighted by atomic mass is 10.1. The fourth-order valence-corrected chi connectivity index (χ4v) is 2.51. The molecule has 0 spiro atoms. The highest BCUT2D eigenvalue weighted by molar-refractivity contribution is 5.98. The maximum absolute atomic E-state index is 12.5. The standard InChI is InChI=1S/C20H16N2O6/c1-21-20(26)22-18(24)17(12-7-3-2-4-8-12)28-19(25)16-11-14(23)13-9-5-6-10-15(13)27-16/h2-11,17H,1H3,(H2,21,22,24,26)/t17-/m1/s1. The van der Waals surface area contributed by atoms with Gasteiger partial charge in [-0.05, 0) is 12.1 Å². The zero-order valence-electron chi connectivity index (χ0n) is 14.8. The van der Waals surface area contributed by atoms with E-state index in [2.05, 4.69) is 10.6 Å². The van der Waals surface area contributed by atoms with Gasteiger partial charge in [-0.3, -0.25) is 14.9 Å². The molecule has 3 rings (SSSR count). The first kappa shape index (κ1) is 18.8. The molecule has 0 aliphatic heterocycles. The van der Waals surface area contributed by atoms with E-state index >= 15 is 0 Å². The highest BCUT2D eigenvalue weighted by atomic mass is 16.6. The van der Waals surface area contributed by atoms with Crippen LogP contribution in [0.3, 0.4) is 0 Å². The number of urea groups is 1. The first-order valence-corrected chi connectivity index (χ1v) is 8.31. The number of imide groups is 1. The molecule has 0 fully saturated rings. The third-order valence-electron chi connectivity index (χ3n) is 3.86. The monoisotopic (exact) mass is 380 g/mol. The number of ether oxygens (including phenoxy) is 1. The number of nitrogens with one attached hydrogen (secondary N) is 2. The van der Waals surface area contributed by atoms with E-state index in [9.17, 15) is 19.2 Å². The molecular weight excluding hydrogens is 364 g/mol. The summed E-state index contributed by atoms with van der Waals surface area (Å²) in [4.78, 5) is 48.6. The van der Waals surface area contributed by atoms with Crippen LogP contribution in [-0.4, -0.2) is 25.0 Å². The molecule has 0 aliphatic carbocycles. The third-order valence-corrected chi connectivity index (χ3v) is 3.86. The second-order valence-electron chi connectivity index (χ2n) is 5.74. The number of benzene rings is 2. The number of amides is 3. The van der Waals surface area contributed by atoms with Crippen molar-refractivity contribution in [2.24, 2.45) is 0 Å². The molecule has 2 N–H and O–H groups in total. The van der Waals surface area contributed by atoms with E-state index in [4.69, 9.17) is 9.15 Å². The number of fused-ring (bicyclic) bond motifs is 1. The number of hydrogen-bond acceptors (Lipinski definition) is 6. The number of esters is 1. The Morgan fingerprint density at radius 1 is 1.00 bits per heavy atom. The molecular formula is C20H16N2O6. The molecule has 0 saturated heterocycles. The van der Waals surface area contributed by atoms with Gasteiger partial charge in [-0.1, -0.05) is 42.5 Å². The minimum Gasteiger partial charge on any atom is -0.449 e. The van der Waals surface area contributed by atoms with Crippen LogP contribution in [0.25, 0.3) is 11.0 Å². The molecule has 1 heterocycles. The van der Waals surface area contributed by atoms with Gasteiger partial charge in [-0.25, -0.2) is 9.59 Å². The smallest absolute Gasteiger partial charge is 0.375 e. The van der Waals surface area contributed by atoms with Gasteiger partial charge < -0.3 is 14.5 Å². The van der Waals surface area contributed by atoms with Gasteiger partial charge in [0.1, 0.15) is 5.58 Å². The number of hydrogen-bond donors (Lipinski definition) is 2. The predicted molar refractivity (Wildman–Crippen MR) is 99.7 cm³/mol. The molecule has 28 heavy (non-hydrogen) atoms. The molecule has 0 bridgehead atoms. The maximum atomic E-state index is 12.5. The average Bonchev–Trinajstić information content (AvgIpc) is 2.72. The van der Waals surface area contributed by atoms with Gasteiger partial charge in [-0.2, -0.15) is 0 Å². The van der Waals surface area contributed by atoms with Gasteiger partial charge in [-0.15, -0.1) is 0 Å². The van der Waals surface area contributed by atoms with Crippen LogP contribution in [0.5, 0.6) is 0 Å². The molecule has 0 radical (unpaired) electrons. The van der Waals surface area contributed by atoms with Crippen LogP contribution in [0, 0.1) is 0 Å². The predicted octanol–water partition coefficient (Wildman–Crippen LogP) is 2.15. The minimum atomic E-state index is -1.41. The van der Waals surface area contributed by atoms with Gasteiger partial charge in [0.25, 0.3) is 5.91 Å². The van der Waals surface area contributed by atoms with Gasteiger partial charge in [0.05, 0.1) is 5.39 Å². The van der Waals surface area contributed by atoms with Crippen molar-refractivity contribution in [3.63, 3.8) is 0 Å². The van der Waals surface area contributed by atoms with Crippen molar-refractivity contribution in [3.8, 4) is 0 Å². The van der Waals surface area contributed by atoms with Crippen molar-refractivity contribution >= 4 is 28.9 Å². The zero-order valence-corrected chi connectivity index (χ0v) is 14.8. The van der Waals surface area contributed by atoms with E-state index in [1.165, 1.54) is 7.05 Å². The molecule has 0 aliphatic rings. The topological polar surface area (TPSA) is 115 Å². The highest BCUT2D eigenvalue weighted by Crippen LogP contribution is 2.20. The Bertz CT molecular complexity index is 1090. The summed E-state index contributed by atoms with van der Waals surface area (Å²) in [5.41, 5.74) is 0.147. The quantitative estimate of drug-likeness (QED) is 0.670. The normalized spacial score (nSPS) is 11.5. The van der Waals surface area contributed by atoms with Crippen LogP contribution in [-0.2, 0) is 9.53 Å². The number of carbonyl (C=O) groups is 3. The van der Waals surface area contributed by atoms with Gasteiger partial charge in [0, 0.05) is 18.7 Å². The lowest BCUT2D eigenvalue weighted by molar-refractivity contribution is -0.129. The van der Waals surface area contributed by atoms with Crippen LogP contribution in [0.1, 0.15) is 22.2 Å². The van der Waals surface area contributed by atoms with Gasteiger partial charge in [0.2, 0.25) is 11.9 Å². The molecule has 8 heteroatoms. The van der Waals surface area contributed by atoms with Crippen LogP contribution in [0.15, 0.2) is 69.9 Å². The Hall–Kier alpha value is -3.94. The van der Waals surface area contributed by atoms with E-state index in [1.54, 1.807) is 54.6 Å². The van der Waals surface area contributed by atoms with E-state index in [1.807, 2.05) is 0 Å². The lowest BCUT2D eigenvalue weighted by Crippen LogP contribution is -2.41. The molecule has 0 saturated carbocycles. The molecule has 3 aromatic rings. The van der Waals surface area contributed by atoms with Crippen molar-refractivity contribution in [1.82, 2.24) is 10.6 Å². The van der Waals surface area contributed by atoms with Gasteiger partial charge in [0.15, 0.2) is 5.43 Å². The van der Waals surface area contributed by atoms with Crippen LogP contribution >= 0.6 is 0 Å². The van der Waals surface area contributed by atoms with E-state index in [0.717, 1.165) is 6.07 Å². The molecule has 142 valence electrons. The molecule has 2 aromatic carbocycles. The molecule has 0 unspecified atom stereocenters. The van der Waals surface area contributed by atoms with E-state index in [0.29, 0.717) is 10.9 Å². The summed E-state index contributed by atoms with van der Waals surface area (Å²) in [6.07, 6.45) is -1.41. The van der Waals surface area contributed by atoms with Crippen molar-refractivity contribution in [2.45, 2.75) is 6.10 Å². The second-order valence-corrected chi connectivity index (χ2v) is 5.74. The first-order chi connectivity index (χ1) is 13.5. The molecule has 1 atom stereocenters. The maximum Gasteiger partial charge on any atom is 0.375 e. The van der Waals surface area contributed by atoms with Crippen molar-refractivity contribution in [1.29, 1.82) is 0 Å². The van der Waals surface area contributed by atoms with Crippen molar-refractivity contribution in [2.75, 3.05) is 7.05 Å². The highest BCUT2D eigenvalue weighted by Gasteiger charge is 2.28. The summed E-state index contributed by atoms with van der Waals surface area (Å²) in [5.74, 6) is -2.21. The number of para-hydroxylation sites is 1. The lowest BCUT2D eigenvalue weighted by Gasteiger charge is -2.17. The van der Waals surface area contributed by atoms with Crippen LogP contribution in [0.2, 0.25) is 0 Å². The Kier molecular flexibility index (Phi) is 5.50.